The number of para-hydroxylation sites is 2. The molecule has 0 atom stereocenters. The summed E-state index contributed by atoms with van der Waals surface area (Å²) in [6.45, 7) is 13.4. The van der Waals surface area contributed by atoms with Crippen LogP contribution in [0.25, 0.3) is 55.0 Å². The summed E-state index contributed by atoms with van der Waals surface area (Å²) in [7, 11) is 0. The van der Waals surface area contributed by atoms with Crippen LogP contribution in [0, 0.1) is 0 Å². The summed E-state index contributed by atoms with van der Waals surface area (Å²) in [6, 6.07) is 68.0. The van der Waals surface area contributed by atoms with Gasteiger partial charge in [-0.1, -0.05) is 145 Å². The van der Waals surface area contributed by atoms with E-state index in [2.05, 4.69) is 221 Å². The molecular weight excluding hydrogens is 832 g/mol. The van der Waals surface area contributed by atoms with Crippen molar-refractivity contribution >= 4 is 101 Å². The smallest absolute Gasteiger partial charge is 0.256 e. The number of rotatable bonds is 5. The molecule has 0 aliphatic carbocycles. The van der Waals surface area contributed by atoms with Gasteiger partial charge in [0.15, 0.2) is 0 Å². The molecule has 2 aromatic heterocycles. The van der Waals surface area contributed by atoms with Gasteiger partial charge in [0.1, 0.15) is 33.8 Å². The van der Waals surface area contributed by atoms with Crippen molar-refractivity contribution in [2.75, 3.05) is 9.80 Å². The lowest BCUT2D eigenvalue weighted by Gasteiger charge is -2.40. The first-order chi connectivity index (χ1) is 32.9. The summed E-state index contributed by atoms with van der Waals surface area (Å²) in [5, 5.41) is 4.38. The van der Waals surface area contributed by atoms with Crippen molar-refractivity contribution in [3.63, 3.8) is 0 Å². The highest BCUT2D eigenvalue weighted by Gasteiger charge is 2.43. The van der Waals surface area contributed by atoms with Gasteiger partial charge in [0, 0.05) is 67.8 Å². The first-order valence-electron chi connectivity index (χ1n) is 23.7. The van der Waals surface area contributed by atoms with E-state index in [1.54, 1.807) is 0 Å². The Morgan fingerprint density at radius 2 is 0.985 bits per heavy atom. The fraction of sp³-hybridized carbons (Fsp3) is 0.129. The third-order valence-corrected chi connectivity index (χ3v) is 14.2. The van der Waals surface area contributed by atoms with Crippen LogP contribution in [0.15, 0.2) is 197 Å². The van der Waals surface area contributed by atoms with E-state index in [4.69, 9.17) is 13.6 Å². The van der Waals surface area contributed by atoms with Gasteiger partial charge in [0.2, 0.25) is 0 Å². The molecule has 0 saturated carbocycles. The number of ether oxygens (including phenoxy) is 1. The Morgan fingerprint density at radius 3 is 1.68 bits per heavy atom. The average Bonchev–Trinajstić information content (AvgIpc) is 3.91. The number of anilines is 6. The van der Waals surface area contributed by atoms with Crippen LogP contribution in [0.1, 0.15) is 52.7 Å². The van der Waals surface area contributed by atoms with Crippen LogP contribution in [0.3, 0.4) is 0 Å². The first kappa shape index (κ1) is 40.3. The maximum Gasteiger partial charge on any atom is 0.256 e. The van der Waals surface area contributed by atoms with E-state index >= 15 is 0 Å². The Morgan fingerprint density at radius 1 is 0.412 bits per heavy atom. The monoisotopic (exact) mass is 880 g/mol. The first-order valence-corrected chi connectivity index (χ1v) is 23.7. The Labute approximate surface area is 396 Å². The van der Waals surface area contributed by atoms with E-state index in [0.29, 0.717) is 0 Å². The fourth-order valence-electron chi connectivity index (χ4n) is 10.7. The SMILES string of the molecule is CC(C)(C)c1ccc(N(c2ccc3c(c2)Oc2cc(-c4ccccc4)cc4c2B3c2cc3c(cc2N4c2ccc(C(C)(C)C)cc2)oc2ccccc23)c2ccc3oc4ccccc4c3c2)cc1. The normalized spacial score (nSPS) is 13.2. The average molecular weight is 881 g/mol. The van der Waals surface area contributed by atoms with Crippen LogP contribution in [0.5, 0.6) is 11.5 Å². The van der Waals surface area contributed by atoms with Gasteiger partial charge >= 0.3 is 0 Å². The summed E-state index contributed by atoms with van der Waals surface area (Å²) in [4.78, 5) is 4.77. The second-order valence-corrected chi connectivity index (χ2v) is 20.6. The molecule has 0 radical (unpaired) electrons. The van der Waals surface area contributed by atoms with Crippen LogP contribution in [-0.2, 0) is 10.8 Å². The van der Waals surface area contributed by atoms with Gasteiger partial charge in [0.05, 0.1) is 0 Å². The van der Waals surface area contributed by atoms with Crippen molar-refractivity contribution in [1.82, 2.24) is 0 Å². The molecule has 2 aliphatic heterocycles. The molecule has 13 rings (SSSR count). The van der Waals surface area contributed by atoms with Crippen LogP contribution < -0.4 is 30.9 Å². The minimum atomic E-state index is -0.131. The van der Waals surface area contributed by atoms with Crippen molar-refractivity contribution in [1.29, 1.82) is 0 Å². The minimum absolute atomic E-state index is 0.0124. The van der Waals surface area contributed by atoms with E-state index < -0.39 is 0 Å². The van der Waals surface area contributed by atoms with Gasteiger partial charge in [-0.05, 0) is 122 Å². The zero-order valence-electron chi connectivity index (χ0n) is 39.1. The van der Waals surface area contributed by atoms with Gasteiger partial charge in [-0.3, -0.25) is 0 Å². The number of furan rings is 2. The largest absolute Gasteiger partial charge is 0.458 e. The zero-order chi connectivity index (χ0) is 46.1. The highest BCUT2D eigenvalue weighted by atomic mass is 16.5. The predicted molar refractivity (Wildman–Crippen MR) is 284 cm³/mol. The standard InChI is InChI=1S/C62H49BN2O3/c1-61(2,3)40-20-24-42(25-21-40)64(44-29-31-56-48(34-44)46-16-10-12-18-54(46)66-56)45-28-30-50-58(35-45)68-59-33-39(38-14-8-7-9-15-38)32-53-60(59)63(50)51-36-49-47-17-11-13-19-55(47)67-57(49)37-52(51)65(53)43-26-22-41(23-27-43)62(4,5)6/h7-37H,1-6H3. The Bertz CT molecular complexity index is 3800. The molecule has 2 aliphatic rings. The van der Waals surface area contributed by atoms with E-state index in [1.165, 1.54) is 16.6 Å². The number of hydrogen-bond donors (Lipinski definition) is 0. The molecule has 328 valence electrons. The van der Waals surface area contributed by atoms with Crippen LogP contribution in [0.2, 0.25) is 0 Å². The summed E-state index contributed by atoms with van der Waals surface area (Å²) in [6.07, 6.45) is 0. The molecule has 0 amide bonds. The number of fused-ring (bicyclic) bond motifs is 10. The minimum Gasteiger partial charge on any atom is -0.458 e. The predicted octanol–water partition coefficient (Wildman–Crippen LogP) is 15.6. The maximum absolute atomic E-state index is 7.35. The Hall–Kier alpha value is -7.96. The maximum atomic E-state index is 7.35. The Kier molecular flexibility index (Phi) is 8.76. The summed E-state index contributed by atoms with van der Waals surface area (Å²) < 4.78 is 20.3. The molecule has 0 unspecified atom stereocenters. The van der Waals surface area contributed by atoms with Crippen molar-refractivity contribution in [2.45, 2.75) is 52.4 Å². The molecule has 0 fully saturated rings. The lowest BCUT2D eigenvalue weighted by molar-refractivity contribution is 0.488. The van der Waals surface area contributed by atoms with Crippen molar-refractivity contribution in [3.8, 4) is 22.6 Å². The second kappa shape index (κ2) is 14.8. The molecule has 5 nitrogen and oxygen atoms in total. The second-order valence-electron chi connectivity index (χ2n) is 20.6. The van der Waals surface area contributed by atoms with E-state index in [9.17, 15) is 0 Å². The van der Waals surface area contributed by atoms with Crippen molar-refractivity contribution < 1.29 is 13.6 Å². The molecule has 0 bridgehead atoms. The molecule has 6 heteroatoms. The molecular formula is C62H49BN2O3. The van der Waals surface area contributed by atoms with Crippen LogP contribution in [-0.4, -0.2) is 6.71 Å². The summed E-state index contributed by atoms with van der Waals surface area (Å²) >= 11 is 0. The third kappa shape index (κ3) is 6.38. The fourth-order valence-corrected chi connectivity index (χ4v) is 10.7. The lowest BCUT2D eigenvalue weighted by Crippen LogP contribution is -2.59. The molecule has 0 spiro atoms. The molecule has 68 heavy (non-hydrogen) atoms. The van der Waals surface area contributed by atoms with E-state index in [0.717, 1.165) is 112 Å². The number of hydrogen-bond acceptors (Lipinski definition) is 5. The number of nitrogens with zero attached hydrogens (tertiary/aromatic N) is 2. The van der Waals surface area contributed by atoms with Gasteiger partial charge < -0.3 is 23.4 Å². The van der Waals surface area contributed by atoms with Crippen LogP contribution >= 0.6 is 0 Å². The molecule has 0 N–H and O–H groups in total. The molecule has 4 heterocycles. The van der Waals surface area contributed by atoms with E-state index in [1.807, 2.05) is 18.2 Å². The highest BCUT2D eigenvalue weighted by Crippen LogP contribution is 2.47. The Balaban J connectivity index is 1.05. The zero-order valence-corrected chi connectivity index (χ0v) is 39.1. The van der Waals surface area contributed by atoms with Crippen molar-refractivity contribution in [2.24, 2.45) is 0 Å². The molecule has 11 aromatic rings. The van der Waals surface area contributed by atoms with E-state index in [-0.39, 0.29) is 17.5 Å². The van der Waals surface area contributed by atoms with Gasteiger partial charge in [-0.15, -0.1) is 0 Å². The van der Waals surface area contributed by atoms with Gasteiger partial charge in [-0.2, -0.15) is 0 Å². The molecule has 9 aromatic carbocycles. The summed E-state index contributed by atoms with van der Waals surface area (Å²) in [5.74, 6) is 1.68. The highest BCUT2D eigenvalue weighted by molar-refractivity contribution is 6.99. The number of benzene rings is 9. The lowest BCUT2D eigenvalue weighted by atomic mass is 9.34. The third-order valence-electron chi connectivity index (χ3n) is 14.2. The van der Waals surface area contributed by atoms with Gasteiger partial charge in [0.25, 0.3) is 6.71 Å². The van der Waals surface area contributed by atoms with Gasteiger partial charge in [-0.25, -0.2) is 0 Å². The summed E-state index contributed by atoms with van der Waals surface area (Å²) in [5.41, 5.74) is 18.1. The topological polar surface area (TPSA) is 42.0 Å². The van der Waals surface area contributed by atoms with Crippen molar-refractivity contribution in [3.05, 3.63) is 199 Å². The molecule has 0 saturated heterocycles. The van der Waals surface area contributed by atoms with Crippen LogP contribution in [0.4, 0.5) is 34.1 Å². The quantitative estimate of drug-likeness (QED) is 0.161.